The van der Waals surface area contributed by atoms with E-state index in [0.717, 1.165) is 38.5 Å². The van der Waals surface area contributed by atoms with Crippen molar-refractivity contribution in [1.29, 1.82) is 0 Å². The molecule has 0 atom stereocenters. The third-order valence-corrected chi connectivity index (χ3v) is 3.83. The van der Waals surface area contributed by atoms with Crippen molar-refractivity contribution >= 4 is 35.1 Å². The maximum atomic E-state index is 11.7. The highest BCUT2D eigenvalue weighted by Gasteiger charge is 2.08. The number of ether oxygens (including phenoxy) is 2. The molecule has 0 aliphatic carbocycles. The molecule has 0 saturated heterocycles. The summed E-state index contributed by atoms with van der Waals surface area (Å²) in [6.45, 7) is 0. The SMILES string of the molecule is O=C(CCCCCCl)Oc1cccc(OC(=O)CCCCCCl)c1. The van der Waals surface area contributed by atoms with Gasteiger partial charge in [-0.2, -0.15) is 0 Å². The van der Waals surface area contributed by atoms with Crippen LogP contribution in [0.15, 0.2) is 24.3 Å². The molecule has 24 heavy (non-hydrogen) atoms. The molecule has 0 aliphatic rings. The van der Waals surface area contributed by atoms with Crippen molar-refractivity contribution in [2.45, 2.75) is 51.4 Å². The lowest BCUT2D eigenvalue weighted by Gasteiger charge is -2.07. The van der Waals surface area contributed by atoms with E-state index in [9.17, 15) is 9.59 Å². The van der Waals surface area contributed by atoms with Gasteiger partial charge in [-0.1, -0.05) is 18.9 Å². The summed E-state index contributed by atoms with van der Waals surface area (Å²) in [4.78, 5) is 23.5. The predicted octanol–water partition coefficient (Wildman–Crippen LogP) is 5.10. The second kappa shape index (κ2) is 13.1. The minimum Gasteiger partial charge on any atom is -0.426 e. The monoisotopic (exact) mass is 374 g/mol. The molecule has 134 valence electrons. The Kier molecular flexibility index (Phi) is 11.3. The van der Waals surface area contributed by atoms with Crippen LogP contribution in [0.3, 0.4) is 0 Å². The van der Waals surface area contributed by atoms with E-state index < -0.39 is 0 Å². The molecule has 0 heterocycles. The van der Waals surface area contributed by atoms with Crippen LogP contribution in [0.25, 0.3) is 0 Å². The van der Waals surface area contributed by atoms with Gasteiger partial charge >= 0.3 is 11.9 Å². The Hall–Kier alpha value is -1.26. The summed E-state index contributed by atoms with van der Waals surface area (Å²) in [7, 11) is 0. The molecular formula is C18H24Cl2O4. The van der Waals surface area contributed by atoms with Gasteiger partial charge in [-0.15, -0.1) is 23.2 Å². The van der Waals surface area contributed by atoms with E-state index in [1.54, 1.807) is 24.3 Å². The molecule has 0 aliphatic heterocycles. The van der Waals surface area contributed by atoms with Crippen LogP contribution in [0, 0.1) is 0 Å². The number of hydrogen-bond donors (Lipinski definition) is 0. The zero-order valence-corrected chi connectivity index (χ0v) is 15.3. The molecule has 0 N–H and O–H groups in total. The molecule has 4 nitrogen and oxygen atoms in total. The lowest BCUT2D eigenvalue weighted by molar-refractivity contribution is -0.135. The highest BCUT2D eigenvalue weighted by molar-refractivity contribution is 6.18. The van der Waals surface area contributed by atoms with E-state index in [0.29, 0.717) is 36.1 Å². The molecule has 0 saturated carbocycles. The van der Waals surface area contributed by atoms with E-state index in [1.165, 1.54) is 0 Å². The first-order valence-electron chi connectivity index (χ1n) is 8.29. The standard InChI is InChI=1S/C18H24Cl2O4/c19-12-5-1-3-10-17(21)23-15-8-7-9-16(14-15)24-18(22)11-4-2-6-13-20/h7-9,14H,1-6,10-13H2. The van der Waals surface area contributed by atoms with Crippen molar-refractivity contribution in [2.24, 2.45) is 0 Å². The van der Waals surface area contributed by atoms with Crippen LogP contribution in [0.4, 0.5) is 0 Å². The van der Waals surface area contributed by atoms with E-state index >= 15 is 0 Å². The Morgan fingerprint density at radius 2 is 1.21 bits per heavy atom. The van der Waals surface area contributed by atoms with Gasteiger partial charge in [-0.3, -0.25) is 9.59 Å². The molecule has 1 aromatic carbocycles. The molecule has 0 radical (unpaired) electrons. The smallest absolute Gasteiger partial charge is 0.311 e. The van der Waals surface area contributed by atoms with Crippen LogP contribution in [-0.4, -0.2) is 23.7 Å². The first-order valence-corrected chi connectivity index (χ1v) is 9.36. The zero-order valence-electron chi connectivity index (χ0n) is 13.8. The number of carbonyl (C=O) groups is 2. The van der Waals surface area contributed by atoms with Crippen molar-refractivity contribution < 1.29 is 19.1 Å². The number of unbranched alkanes of at least 4 members (excludes halogenated alkanes) is 4. The van der Waals surface area contributed by atoms with Gasteiger partial charge in [0.25, 0.3) is 0 Å². The average Bonchev–Trinajstić information content (AvgIpc) is 2.56. The van der Waals surface area contributed by atoms with Gasteiger partial charge in [-0.25, -0.2) is 0 Å². The Morgan fingerprint density at radius 3 is 1.62 bits per heavy atom. The van der Waals surface area contributed by atoms with Gasteiger partial charge in [0.05, 0.1) is 0 Å². The van der Waals surface area contributed by atoms with Crippen LogP contribution in [0.2, 0.25) is 0 Å². The second-order valence-electron chi connectivity index (χ2n) is 5.42. The third-order valence-electron chi connectivity index (χ3n) is 3.30. The molecule has 0 fully saturated rings. The number of rotatable bonds is 12. The predicted molar refractivity (Wildman–Crippen MR) is 96.1 cm³/mol. The molecule has 0 aromatic heterocycles. The normalized spacial score (nSPS) is 10.4. The summed E-state index contributed by atoms with van der Waals surface area (Å²) < 4.78 is 10.5. The Balaban J connectivity index is 2.37. The fraction of sp³-hybridized carbons (Fsp3) is 0.556. The maximum absolute atomic E-state index is 11.7. The first-order chi connectivity index (χ1) is 11.7. The van der Waals surface area contributed by atoms with Crippen LogP contribution < -0.4 is 9.47 Å². The van der Waals surface area contributed by atoms with E-state index in [-0.39, 0.29) is 11.9 Å². The van der Waals surface area contributed by atoms with Crippen LogP contribution in [-0.2, 0) is 9.59 Å². The number of benzene rings is 1. The number of halogens is 2. The molecule has 0 unspecified atom stereocenters. The summed E-state index contributed by atoms with van der Waals surface area (Å²) in [5, 5.41) is 0. The van der Waals surface area contributed by atoms with Gasteiger partial charge in [0, 0.05) is 30.7 Å². The van der Waals surface area contributed by atoms with E-state index in [4.69, 9.17) is 32.7 Å². The van der Waals surface area contributed by atoms with Crippen molar-refractivity contribution in [3.8, 4) is 11.5 Å². The minimum absolute atomic E-state index is 0.297. The van der Waals surface area contributed by atoms with Gasteiger partial charge in [0.1, 0.15) is 11.5 Å². The van der Waals surface area contributed by atoms with Crippen LogP contribution in [0.1, 0.15) is 51.4 Å². The number of esters is 2. The molecule has 1 aromatic rings. The first kappa shape index (κ1) is 20.8. The Bertz CT molecular complexity index is 464. The Morgan fingerprint density at radius 1 is 0.750 bits per heavy atom. The van der Waals surface area contributed by atoms with Crippen molar-refractivity contribution in [3.05, 3.63) is 24.3 Å². The lowest BCUT2D eigenvalue weighted by atomic mass is 10.2. The van der Waals surface area contributed by atoms with Gasteiger partial charge < -0.3 is 9.47 Å². The summed E-state index contributed by atoms with van der Waals surface area (Å²) in [6, 6.07) is 6.56. The Labute approximate surface area is 153 Å². The lowest BCUT2D eigenvalue weighted by Crippen LogP contribution is -2.09. The zero-order chi connectivity index (χ0) is 17.6. The number of carbonyl (C=O) groups excluding carboxylic acids is 2. The average molecular weight is 375 g/mol. The summed E-state index contributed by atoms with van der Waals surface area (Å²) in [6.07, 6.45) is 5.80. The number of alkyl halides is 2. The van der Waals surface area contributed by atoms with Crippen molar-refractivity contribution in [3.63, 3.8) is 0 Å². The summed E-state index contributed by atoms with van der Waals surface area (Å²) in [5.74, 6) is 1.38. The maximum Gasteiger partial charge on any atom is 0.311 e. The van der Waals surface area contributed by atoms with Crippen LogP contribution in [0.5, 0.6) is 11.5 Å². The molecule has 0 spiro atoms. The highest BCUT2D eigenvalue weighted by atomic mass is 35.5. The van der Waals surface area contributed by atoms with Gasteiger partial charge in [-0.05, 0) is 37.8 Å². The fourth-order valence-electron chi connectivity index (χ4n) is 2.05. The molecular weight excluding hydrogens is 351 g/mol. The van der Waals surface area contributed by atoms with Crippen LogP contribution >= 0.6 is 23.2 Å². The largest absolute Gasteiger partial charge is 0.426 e. The van der Waals surface area contributed by atoms with Gasteiger partial charge in [0.15, 0.2) is 0 Å². The molecule has 0 bridgehead atoms. The van der Waals surface area contributed by atoms with E-state index in [2.05, 4.69) is 0 Å². The summed E-state index contributed by atoms with van der Waals surface area (Å²) >= 11 is 11.2. The quantitative estimate of drug-likeness (QED) is 0.221. The molecule has 1 rings (SSSR count). The number of hydrogen-bond acceptors (Lipinski definition) is 4. The molecule has 0 amide bonds. The van der Waals surface area contributed by atoms with Crippen molar-refractivity contribution in [1.82, 2.24) is 0 Å². The van der Waals surface area contributed by atoms with E-state index in [1.807, 2.05) is 0 Å². The highest BCUT2D eigenvalue weighted by Crippen LogP contribution is 2.21. The topological polar surface area (TPSA) is 52.6 Å². The second-order valence-corrected chi connectivity index (χ2v) is 6.18. The minimum atomic E-state index is -0.297. The third kappa shape index (κ3) is 9.78. The summed E-state index contributed by atoms with van der Waals surface area (Å²) in [5.41, 5.74) is 0. The fourth-order valence-corrected chi connectivity index (χ4v) is 2.43. The van der Waals surface area contributed by atoms with Gasteiger partial charge in [0.2, 0.25) is 0 Å². The van der Waals surface area contributed by atoms with Crippen molar-refractivity contribution in [2.75, 3.05) is 11.8 Å². The molecule has 6 heteroatoms.